The summed E-state index contributed by atoms with van der Waals surface area (Å²) in [5.74, 6) is 2.24. The van der Waals surface area contributed by atoms with E-state index in [1.54, 1.807) is 7.11 Å². The van der Waals surface area contributed by atoms with Gasteiger partial charge < -0.3 is 14.8 Å². The van der Waals surface area contributed by atoms with Gasteiger partial charge in [-0.15, -0.1) is 0 Å². The molecule has 1 fully saturated rings. The highest BCUT2D eigenvalue weighted by molar-refractivity contribution is 5.38. The summed E-state index contributed by atoms with van der Waals surface area (Å²) in [7, 11) is 1.77. The maximum absolute atomic E-state index is 6.02. The molecule has 0 radical (unpaired) electrons. The van der Waals surface area contributed by atoms with Gasteiger partial charge in [-0.25, -0.2) is 4.98 Å². The minimum absolute atomic E-state index is 0.196. The molecule has 5 heteroatoms. The summed E-state index contributed by atoms with van der Waals surface area (Å²) in [5.41, 5.74) is 0. The summed E-state index contributed by atoms with van der Waals surface area (Å²) < 4.78 is 11.5. The monoisotopic (exact) mass is 279 g/mol. The first kappa shape index (κ1) is 15.0. The fourth-order valence-electron chi connectivity index (χ4n) is 2.54. The molecule has 1 N–H and O–H groups in total. The SMILES string of the molecule is CCCNc1cc(OC2CCCC(OC)C2)nc(C)n1. The smallest absolute Gasteiger partial charge is 0.218 e. The van der Waals surface area contributed by atoms with Gasteiger partial charge in [0.2, 0.25) is 5.88 Å². The molecule has 5 nitrogen and oxygen atoms in total. The molecule has 2 atom stereocenters. The van der Waals surface area contributed by atoms with Gasteiger partial charge in [-0.3, -0.25) is 0 Å². The number of hydrogen-bond donors (Lipinski definition) is 1. The van der Waals surface area contributed by atoms with E-state index in [1.807, 2.05) is 13.0 Å². The van der Waals surface area contributed by atoms with Crippen LogP contribution in [0.3, 0.4) is 0 Å². The molecule has 1 aliphatic carbocycles. The number of hydrogen-bond acceptors (Lipinski definition) is 5. The Morgan fingerprint density at radius 2 is 2.10 bits per heavy atom. The minimum Gasteiger partial charge on any atom is -0.474 e. The Labute approximate surface area is 121 Å². The van der Waals surface area contributed by atoms with Crippen molar-refractivity contribution < 1.29 is 9.47 Å². The Bertz CT molecular complexity index is 426. The lowest BCUT2D eigenvalue weighted by Gasteiger charge is -2.28. The lowest BCUT2D eigenvalue weighted by Crippen LogP contribution is -2.29. The van der Waals surface area contributed by atoms with E-state index in [2.05, 4.69) is 22.2 Å². The van der Waals surface area contributed by atoms with E-state index in [1.165, 1.54) is 0 Å². The first-order chi connectivity index (χ1) is 9.71. The van der Waals surface area contributed by atoms with Gasteiger partial charge in [-0.1, -0.05) is 6.92 Å². The van der Waals surface area contributed by atoms with Gasteiger partial charge in [0.15, 0.2) is 0 Å². The van der Waals surface area contributed by atoms with Crippen molar-refractivity contribution in [3.8, 4) is 5.88 Å². The molecule has 2 unspecified atom stereocenters. The van der Waals surface area contributed by atoms with Crippen molar-refractivity contribution in [2.24, 2.45) is 0 Å². The van der Waals surface area contributed by atoms with E-state index >= 15 is 0 Å². The van der Waals surface area contributed by atoms with Gasteiger partial charge in [-0.05, 0) is 32.6 Å². The zero-order chi connectivity index (χ0) is 14.4. The van der Waals surface area contributed by atoms with E-state index < -0.39 is 0 Å². The molecule has 1 aliphatic rings. The molecular weight excluding hydrogens is 254 g/mol. The summed E-state index contributed by atoms with van der Waals surface area (Å²) >= 11 is 0. The number of ether oxygens (including phenoxy) is 2. The van der Waals surface area contributed by atoms with Crippen LogP contribution in [0.2, 0.25) is 0 Å². The first-order valence-corrected chi connectivity index (χ1v) is 7.50. The lowest BCUT2D eigenvalue weighted by molar-refractivity contribution is 0.0194. The van der Waals surface area contributed by atoms with Gasteiger partial charge in [0.05, 0.1) is 6.10 Å². The number of anilines is 1. The molecule has 0 spiro atoms. The average Bonchev–Trinajstić information content (AvgIpc) is 2.44. The standard InChI is InChI=1S/C15H25N3O2/c1-4-8-16-14-10-15(18-11(2)17-14)20-13-7-5-6-12(9-13)19-3/h10,12-13H,4-9H2,1-3H3,(H,16,17,18). The second kappa shape index (κ2) is 7.43. The van der Waals surface area contributed by atoms with Gasteiger partial charge >= 0.3 is 0 Å². The van der Waals surface area contributed by atoms with E-state index in [9.17, 15) is 0 Å². The minimum atomic E-state index is 0.196. The Morgan fingerprint density at radius 1 is 1.30 bits per heavy atom. The Balaban J connectivity index is 1.99. The normalized spacial score (nSPS) is 22.6. The fourth-order valence-corrected chi connectivity index (χ4v) is 2.54. The highest BCUT2D eigenvalue weighted by Gasteiger charge is 2.23. The number of nitrogens with zero attached hydrogens (tertiary/aromatic N) is 2. The average molecular weight is 279 g/mol. The second-order valence-electron chi connectivity index (χ2n) is 5.33. The number of methoxy groups -OCH3 is 1. The van der Waals surface area contributed by atoms with Crippen LogP contribution in [0, 0.1) is 6.92 Å². The molecule has 0 aliphatic heterocycles. The fraction of sp³-hybridized carbons (Fsp3) is 0.733. The summed E-state index contributed by atoms with van der Waals surface area (Å²) in [5, 5.41) is 3.28. The van der Waals surface area contributed by atoms with Crippen molar-refractivity contribution in [2.45, 2.75) is 58.2 Å². The van der Waals surface area contributed by atoms with E-state index in [0.717, 1.165) is 50.3 Å². The molecule has 1 heterocycles. The first-order valence-electron chi connectivity index (χ1n) is 7.50. The summed E-state index contributed by atoms with van der Waals surface area (Å²) in [6, 6.07) is 1.89. The Kier molecular flexibility index (Phi) is 5.59. The maximum Gasteiger partial charge on any atom is 0.218 e. The molecule has 1 aromatic heterocycles. The third-order valence-electron chi connectivity index (χ3n) is 3.57. The topological polar surface area (TPSA) is 56.3 Å². The number of aromatic nitrogens is 2. The predicted octanol–water partition coefficient (Wildman–Crippen LogP) is 2.94. The summed E-state index contributed by atoms with van der Waals surface area (Å²) in [6.45, 7) is 4.93. The van der Waals surface area contributed by atoms with Gasteiger partial charge in [0, 0.05) is 26.1 Å². The molecule has 0 amide bonds. The third kappa shape index (κ3) is 4.34. The quantitative estimate of drug-likeness (QED) is 0.867. The van der Waals surface area contributed by atoms with Crippen LogP contribution < -0.4 is 10.1 Å². The molecule has 2 rings (SSSR count). The Hall–Kier alpha value is -1.36. The van der Waals surface area contributed by atoms with Crippen LogP contribution in [0.15, 0.2) is 6.07 Å². The zero-order valence-corrected chi connectivity index (χ0v) is 12.7. The molecule has 112 valence electrons. The van der Waals surface area contributed by atoms with Crippen LogP contribution in [0.5, 0.6) is 5.88 Å². The molecule has 1 aromatic rings. The molecule has 0 saturated heterocycles. The van der Waals surface area contributed by atoms with Crippen molar-refractivity contribution in [3.05, 3.63) is 11.9 Å². The van der Waals surface area contributed by atoms with Crippen LogP contribution in [-0.4, -0.2) is 35.8 Å². The number of aryl methyl sites for hydroxylation is 1. The van der Waals surface area contributed by atoms with Crippen molar-refractivity contribution in [3.63, 3.8) is 0 Å². The van der Waals surface area contributed by atoms with Crippen molar-refractivity contribution >= 4 is 5.82 Å². The van der Waals surface area contributed by atoms with Crippen molar-refractivity contribution in [2.75, 3.05) is 19.0 Å². The van der Waals surface area contributed by atoms with E-state index in [0.29, 0.717) is 12.0 Å². The molecular formula is C15H25N3O2. The Morgan fingerprint density at radius 3 is 2.85 bits per heavy atom. The van der Waals surface area contributed by atoms with Crippen LogP contribution in [0.25, 0.3) is 0 Å². The molecule has 1 saturated carbocycles. The number of nitrogens with one attached hydrogen (secondary N) is 1. The third-order valence-corrected chi connectivity index (χ3v) is 3.57. The van der Waals surface area contributed by atoms with Crippen LogP contribution in [-0.2, 0) is 4.74 Å². The highest BCUT2D eigenvalue weighted by atomic mass is 16.5. The van der Waals surface area contributed by atoms with Crippen molar-refractivity contribution in [1.29, 1.82) is 0 Å². The van der Waals surface area contributed by atoms with Crippen LogP contribution in [0.1, 0.15) is 44.9 Å². The van der Waals surface area contributed by atoms with Crippen molar-refractivity contribution in [1.82, 2.24) is 9.97 Å². The van der Waals surface area contributed by atoms with E-state index in [4.69, 9.17) is 9.47 Å². The van der Waals surface area contributed by atoms with Gasteiger partial charge in [-0.2, -0.15) is 4.98 Å². The van der Waals surface area contributed by atoms with Gasteiger partial charge in [0.1, 0.15) is 17.7 Å². The second-order valence-corrected chi connectivity index (χ2v) is 5.33. The predicted molar refractivity (Wildman–Crippen MR) is 79.2 cm³/mol. The van der Waals surface area contributed by atoms with Crippen LogP contribution >= 0.6 is 0 Å². The lowest BCUT2D eigenvalue weighted by atomic mass is 9.95. The summed E-state index contributed by atoms with van der Waals surface area (Å²) in [4.78, 5) is 8.74. The molecule has 0 bridgehead atoms. The summed E-state index contributed by atoms with van der Waals surface area (Å²) in [6.07, 6.45) is 5.86. The van der Waals surface area contributed by atoms with E-state index in [-0.39, 0.29) is 6.10 Å². The molecule has 0 aromatic carbocycles. The number of rotatable bonds is 6. The largest absolute Gasteiger partial charge is 0.474 e. The zero-order valence-electron chi connectivity index (χ0n) is 12.7. The highest BCUT2D eigenvalue weighted by Crippen LogP contribution is 2.25. The van der Waals surface area contributed by atoms with Crippen LogP contribution in [0.4, 0.5) is 5.82 Å². The van der Waals surface area contributed by atoms with Gasteiger partial charge in [0.25, 0.3) is 0 Å². The maximum atomic E-state index is 6.02. The molecule has 20 heavy (non-hydrogen) atoms.